The van der Waals surface area contributed by atoms with Crippen LogP contribution in [0.5, 0.6) is 0 Å². The summed E-state index contributed by atoms with van der Waals surface area (Å²) in [6.07, 6.45) is 1.05. The lowest BCUT2D eigenvalue weighted by Gasteiger charge is -2.08. The van der Waals surface area contributed by atoms with Crippen LogP contribution in [0.4, 0.5) is 5.69 Å². The van der Waals surface area contributed by atoms with Crippen molar-refractivity contribution in [2.45, 2.75) is 11.8 Å². The Labute approximate surface area is 107 Å². The van der Waals surface area contributed by atoms with Crippen LogP contribution >= 0.6 is 0 Å². The third kappa shape index (κ3) is 4.63. The number of hydrogen-bond acceptors (Lipinski definition) is 5. The van der Waals surface area contributed by atoms with Crippen LogP contribution in [0.1, 0.15) is 5.56 Å². The monoisotopic (exact) mass is 292 g/mol. The van der Waals surface area contributed by atoms with Crippen molar-refractivity contribution >= 4 is 25.5 Å². The van der Waals surface area contributed by atoms with Gasteiger partial charge in [0.2, 0.25) is 10.0 Å². The van der Waals surface area contributed by atoms with Crippen LogP contribution in [-0.2, 0) is 19.9 Å². The summed E-state index contributed by atoms with van der Waals surface area (Å²) in [4.78, 5) is 0.0356. The molecule has 0 aliphatic carbocycles. The molecule has 0 atom stereocenters. The van der Waals surface area contributed by atoms with Crippen molar-refractivity contribution in [3.05, 3.63) is 23.8 Å². The summed E-state index contributed by atoms with van der Waals surface area (Å²) in [7, 11) is -6.92. The molecule has 0 amide bonds. The van der Waals surface area contributed by atoms with Crippen molar-refractivity contribution in [1.82, 2.24) is 4.72 Å². The molecule has 0 unspecified atom stereocenters. The number of hydrogen-bond donors (Lipinski definition) is 2. The van der Waals surface area contributed by atoms with E-state index in [-0.39, 0.29) is 17.2 Å². The van der Waals surface area contributed by atoms with E-state index in [9.17, 15) is 16.8 Å². The van der Waals surface area contributed by atoms with Gasteiger partial charge in [0.1, 0.15) is 9.84 Å². The quantitative estimate of drug-likeness (QED) is 0.737. The minimum absolute atomic E-state index is 0.0356. The number of nitrogens with two attached hydrogens (primary N) is 1. The van der Waals surface area contributed by atoms with Crippen LogP contribution < -0.4 is 10.5 Å². The Morgan fingerprint density at radius 1 is 1.17 bits per heavy atom. The molecule has 0 heterocycles. The second-order valence-corrected chi connectivity index (χ2v) is 8.13. The van der Waals surface area contributed by atoms with Crippen LogP contribution in [-0.4, -0.2) is 35.4 Å². The highest BCUT2D eigenvalue weighted by atomic mass is 32.2. The Morgan fingerprint density at radius 3 is 2.28 bits per heavy atom. The van der Waals surface area contributed by atoms with Crippen LogP contribution in [0.15, 0.2) is 23.1 Å². The summed E-state index contributed by atoms with van der Waals surface area (Å²) >= 11 is 0. The molecule has 1 rings (SSSR count). The van der Waals surface area contributed by atoms with Crippen molar-refractivity contribution in [2.75, 3.05) is 24.3 Å². The number of nitrogens with one attached hydrogen (secondary N) is 1. The van der Waals surface area contributed by atoms with E-state index in [0.29, 0.717) is 5.69 Å². The van der Waals surface area contributed by atoms with Gasteiger partial charge in [0, 0.05) is 18.5 Å². The fraction of sp³-hybridized carbons (Fsp3) is 0.400. The lowest BCUT2D eigenvalue weighted by Crippen LogP contribution is -2.29. The van der Waals surface area contributed by atoms with Crippen molar-refractivity contribution in [3.63, 3.8) is 0 Å². The summed E-state index contributed by atoms with van der Waals surface area (Å²) in [5.41, 5.74) is 6.63. The average Bonchev–Trinajstić information content (AvgIpc) is 2.13. The van der Waals surface area contributed by atoms with E-state index >= 15 is 0 Å². The molecule has 8 heteroatoms. The molecule has 0 aliphatic rings. The summed E-state index contributed by atoms with van der Waals surface area (Å²) in [6.45, 7) is 1.57. The highest BCUT2D eigenvalue weighted by molar-refractivity contribution is 7.91. The van der Waals surface area contributed by atoms with Crippen LogP contribution in [0.25, 0.3) is 0 Å². The first kappa shape index (κ1) is 14.9. The minimum Gasteiger partial charge on any atom is -0.399 e. The van der Waals surface area contributed by atoms with Crippen LogP contribution in [0, 0.1) is 6.92 Å². The van der Waals surface area contributed by atoms with E-state index in [1.54, 1.807) is 13.0 Å². The SMILES string of the molecule is Cc1cc(N)cc(S(=O)(=O)NCCS(C)(=O)=O)c1. The largest absolute Gasteiger partial charge is 0.399 e. The third-order valence-corrected chi connectivity index (χ3v) is 4.53. The zero-order chi connectivity index (χ0) is 14.0. The molecule has 0 spiro atoms. The maximum Gasteiger partial charge on any atom is 0.240 e. The topological polar surface area (TPSA) is 106 Å². The Kier molecular flexibility index (Phi) is 4.36. The maximum atomic E-state index is 11.9. The second-order valence-electron chi connectivity index (χ2n) is 4.11. The van der Waals surface area contributed by atoms with E-state index in [4.69, 9.17) is 5.73 Å². The highest BCUT2D eigenvalue weighted by Gasteiger charge is 2.15. The molecule has 0 aromatic heterocycles. The van der Waals surface area contributed by atoms with E-state index in [2.05, 4.69) is 4.72 Å². The fourth-order valence-electron chi connectivity index (χ4n) is 1.38. The van der Waals surface area contributed by atoms with Crippen molar-refractivity contribution < 1.29 is 16.8 Å². The molecular formula is C10H16N2O4S2. The first-order valence-electron chi connectivity index (χ1n) is 5.15. The van der Waals surface area contributed by atoms with Gasteiger partial charge in [-0.25, -0.2) is 21.6 Å². The van der Waals surface area contributed by atoms with Gasteiger partial charge in [-0.05, 0) is 30.7 Å². The van der Waals surface area contributed by atoms with Gasteiger partial charge >= 0.3 is 0 Å². The lowest BCUT2D eigenvalue weighted by molar-refractivity contribution is 0.582. The van der Waals surface area contributed by atoms with Gasteiger partial charge in [-0.3, -0.25) is 0 Å². The van der Waals surface area contributed by atoms with Gasteiger partial charge in [-0.1, -0.05) is 0 Å². The maximum absolute atomic E-state index is 11.9. The van der Waals surface area contributed by atoms with Gasteiger partial charge < -0.3 is 5.73 Å². The molecule has 0 saturated carbocycles. The standard InChI is InChI=1S/C10H16N2O4S2/c1-8-5-9(11)7-10(6-8)18(15,16)12-3-4-17(2,13)14/h5-7,12H,3-4,11H2,1-2H3. The number of aryl methyl sites for hydroxylation is 1. The molecule has 0 fully saturated rings. The third-order valence-electron chi connectivity index (χ3n) is 2.15. The number of sulfonamides is 1. The smallest absolute Gasteiger partial charge is 0.240 e. The van der Waals surface area contributed by atoms with E-state index < -0.39 is 19.9 Å². The Hall–Kier alpha value is -1.12. The van der Waals surface area contributed by atoms with Gasteiger partial charge in [0.05, 0.1) is 10.6 Å². The van der Waals surface area contributed by atoms with E-state index in [1.165, 1.54) is 12.1 Å². The summed E-state index contributed by atoms with van der Waals surface area (Å²) in [5.74, 6) is -0.243. The van der Waals surface area contributed by atoms with Gasteiger partial charge in [0.15, 0.2) is 0 Å². The van der Waals surface area contributed by atoms with Crippen LogP contribution in [0.3, 0.4) is 0 Å². The zero-order valence-corrected chi connectivity index (χ0v) is 11.8. The molecule has 0 saturated heterocycles. The van der Waals surface area contributed by atoms with Crippen molar-refractivity contribution in [3.8, 4) is 0 Å². The van der Waals surface area contributed by atoms with Crippen molar-refractivity contribution in [2.24, 2.45) is 0 Å². The predicted molar refractivity (Wildman–Crippen MR) is 70.5 cm³/mol. The Morgan fingerprint density at radius 2 is 1.78 bits per heavy atom. The Bertz CT molecular complexity index is 616. The summed E-state index contributed by atoms with van der Waals surface area (Å²) in [5, 5.41) is 0. The first-order valence-corrected chi connectivity index (χ1v) is 8.69. The summed E-state index contributed by atoms with van der Waals surface area (Å²) in [6, 6.07) is 4.45. The number of rotatable bonds is 5. The molecule has 102 valence electrons. The Balaban J connectivity index is 2.87. The molecule has 0 bridgehead atoms. The molecule has 0 aliphatic heterocycles. The highest BCUT2D eigenvalue weighted by Crippen LogP contribution is 2.15. The number of nitrogen functional groups attached to an aromatic ring is 1. The first-order chi connectivity index (χ1) is 8.10. The van der Waals surface area contributed by atoms with E-state index in [1.807, 2.05) is 0 Å². The number of sulfone groups is 1. The summed E-state index contributed by atoms with van der Waals surface area (Å²) < 4.78 is 47.8. The van der Waals surface area contributed by atoms with Crippen LogP contribution in [0.2, 0.25) is 0 Å². The van der Waals surface area contributed by atoms with Gasteiger partial charge in [-0.2, -0.15) is 0 Å². The van der Waals surface area contributed by atoms with E-state index in [0.717, 1.165) is 11.8 Å². The lowest BCUT2D eigenvalue weighted by atomic mass is 10.2. The van der Waals surface area contributed by atoms with Crippen molar-refractivity contribution in [1.29, 1.82) is 0 Å². The normalized spacial score (nSPS) is 12.6. The molecular weight excluding hydrogens is 276 g/mol. The predicted octanol–water partition coefficient (Wildman–Crippen LogP) is -0.0999. The molecule has 0 radical (unpaired) electrons. The molecule has 1 aromatic rings. The number of benzene rings is 1. The fourth-order valence-corrected chi connectivity index (χ4v) is 3.15. The molecule has 1 aromatic carbocycles. The molecule has 6 nitrogen and oxygen atoms in total. The molecule has 18 heavy (non-hydrogen) atoms. The zero-order valence-electron chi connectivity index (χ0n) is 10.2. The van der Waals surface area contributed by atoms with Gasteiger partial charge in [-0.15, -0.1) is 0 Å². The average molecular weight is 292 g/mol. The van der Waals surface area contributed by atoms with Gasteiger partial charge in [0.25, 0.3) is 0 Å². The number of anilines is 1. The minimum atomic E-state index is -3.72. The second kappa shape index (κ2) is 5.25. The molecule has 3 N–H and O–H groups in total.